The standard InChI is InChI=1S/C12H17N3O2S/c1-7(5-17-4)13-11(16)10-9(3)14-12-15(10)8(2)6-18-12/h6-7H,5H2,1-4H3,(H,13,16). The average Bonchev–Trinajstić information content (AvgIpc) is 2.78. The summed E-state index contributed by atoms with van der Waals surface area (Å²) in [4.78, 5) is 17.5. The molecule has 0 bridgehead atoms. The van der Waals surface area contributed by atoms with Crippen LogP contribution in [0.5, 0.6) is 0 Å². The summed E-state index contributed by atoms with van der Waals surface area (Å²) in [7, 11) is 1.62. The molecule has 0 spiro atoms. The van der Waals surface area contributed by atoms with Crippen molar-refractivity contribution in [2.24, 2.45) is 0 Å². The smallest absolute Gasteiger partial charge is 0.270 e. The van der Waals surface area contributed by atoms with Gasteiger partial charge in [-0.1, -0.05) is 0 Å². The molecule has 0 aliphatic rings. The Kier molecular flexibility index (Phi) is 3.68. The highest BCUT2D eigenvalue weighted by atomic mass is 32.1. The maximum atomic E-state index is 12.3. The first kappa shape index (κ1) is 13.0. The number of methoxy groups -OCH3 is 1. The van der Waals surface area contributed by atoms with Crippen molar-refractivity contribution in [1.29, 1.82) is 0 Å². The third-order valence-electron chi connectivity index (χ3n) is 2.72. The van der Waals surface area contributed by atoms with Gasteiger partial charge in [0.2, 0.25) is 0 Å². The lowest BCUT2D eigenvalue weighted by Crippen LogP contribution is -2.36. The van der Waals surface area contributed by atoms with Crippen LogP contribution in [0.2, 0.25) is 0 Å². The number of imidazole rings is 1. The highest BCUT2D eigenvalue weighted by Gasteiger charge is 2.20. The fraction of sp³-hybridized carbons (Fsp3) is 0.500. The van der Waals surface area contributed by atoms with Crippen LogP contribution >= 0.6 is 11.3 Å². The molecule has 1 atom stereocenters. The fourth-order valence-electron chi connectivity index (χ4n) is 1.95. The molecule has 0 saturated carbocycles. The zero-order valence-corrected chi connectivity index (χ0v) is 11.8. The van der Waals surface area contributed by atoms with E-state index in [1.807, 2.05) is 30.6 Å². The molecule has 98 valence electrons. The maximum absolute atomic E-state index is 12.3. The summed E-state index contributed by atoms with van der Waals surface area (Å²) in [6, 6.07) is -0.0219. The van der Waals surface area contributed by atoms with Crippen LogP contribution in [-0.2, 0) is 4.74 Å². The van der Waals surface area contributed by atoms with E-state index in [1.54, 1.807) is 18.4 Å². The SMILES string of the molecule is COCC(C)NC(=O)c1c(C)nc2scc(C)n12. The van der Waals surface area contributed by atoms with E-state index in [2.05, 4.69) is 10.3 Å². The number of carbonyl (C=O) groups excluding carboxylic acids is 1. The van der Waals surface area contributed by atoms with E-state index in [4.69, 9.17) is 4.74 Å². The summed E-state index contributed by atoms with van der Waals surface area (Å²) < 4.78 is 6.91. The number of ether oxygens (including phenoxy) is 1. The molecular formula is C12H17N3O2S. The lowest BCUT2D eigenvalue weighted by atomic mass is 10.3. The van der Waals surface area contributed by atoms with Crippen LogP contribution in [0.15, 0.2) is 5.38 Å². The fourth-order valence-corrected chi connectivity index (χ4v) is 2.86. The molecule has 18 heavy (non-hydrogen) atoms. The summed E-state index contributed by atoms with van der Waals surface area (Å²) in [5.41, 5.74) is 2.40. The average molecular weight is 267 g/mol. The Bertz CT molecular complexity index is 573. The largest absolute Gasteiger partial charge is 0.383 e. The van der Waals surface area contributed by atoms with Crippen molar-refractivity contribution in [3.63, 3.8) is 0 Å². The van der Waals surface area contributed by atoms with E-state index >= 15 is 0 Å². The van der Waals surface area contributed by atoms with Gasteiger partial charge in [-0.25, -0.2) is 4.98 Å². The van der Waals surface area contributed by atoms with Crippen LogP contribution in [0.1, 0.15) is 28.8 Å². The minimum absolute atomic E-state index is 0.0219. The van der Waals surface area contributed by atoms with E-state index in [0.29, 0.717) is 12.3 Å². The molecule has 2 aromatic heterocycles. The minimum atomic E-state index is -0.106. The Balaban J connectivity index is 2.32. The van der Waals surface area contributed by atoms with Crippen LogP contribution in [0.3, 0.4) is 0 Å². The number of aryl methyl sites for hydroxylation is 2. The second kappa shape index (κ2) is 5.07. The van der Waals surface area contributed by atoms with Crippen LogP contribution < -0.4 is 5.32 Å². The lowest BCUT2D eigenvalue weighted by Gasteiger charge is -2.12. The molecule has 0 radical (unpaired) electrons. The van der Waals surface area contributed by atoms with Gasteiger partial charge in [-0.2, -0.15) is 0 Å². The first-order valence-corrected chi connectivity index (χ1v) is 6.65. The number of amides is 1. The molecule has 0 aliphatic heterocycles. The number of fused-ring (bicyclic) bond motifs is 1. The Morgan fingerprint density at radius 2 is 2.33 bits per heavy atom. The molecule has 1 N–H and O–H groups in total. The zero-order chi connectivity index (χ0) is 13.3. The summed E-state index contributed by atoms with van der Waals surface area (Å²) in [6.45, 7) is 6.24. The van der Waals surface area contributed by atoms with Crippen molar-refractivity contribution in [2.75, 3.05) is 13.7 Å². The Hall–Kier alpha value is -1.40. The molecule has 1 amide bonds. The highest BCUT2D eigenvalue weighted by molar-refractivity contribution is 7.15. The van der Waals surface area contributed by atoms with Crippen molar-refractivity contribution in [3.05, 3.63) is 22.5 Å². The van der Waals surface area contributed by atoms with Crippen molar-refractivity contribution in [1.82, 2.24) is 14.7 Å². The normalized spacial score (nSPS) is 12.9. The number of aromatic nitrogens is 2. The second-order valence-corrected chi connectivity index (χ2v) is 5.21. The van der Waals surface area contributed by atoms with Gasteiger partial charge in [-0.15, -0.1) is 11.3 Å². The van der Waals surface area contributed by atoms with E-state index < -0.39 is 0 Å². The van der Waals surface area contributed by atoms with E-state index in [0.717, 1.165) is 16.3 Å². The van der Waals surface area contributed by atoms with Crippen molar-refractivity contribution < 1.29 is 9.53 Å². The highest BCUT2D eigenvalue weighted by Crippen LogP contribution is 2.20. The first-order valence-electron chi connectivity index (χ1n) is 5.77. The maximum Gasteiger partial charge on any atom is 0.270 e. The van der Waals surface area contributed by atoms with Gasteiger partial charge >= 0.3 is 0 Å². The van der Waals surface area contributed by atoms with Gasteiger partial charge in [0.1, 0.15) is 5.69 Å². The second-order valence-electron chi connectivity index (χ2n) is 4.37. The molecule has 5 nitrogen and oxygen atoms in total. The number of carbonyl (C=O) groups is 1. The summed E-state index contributed by atoms with van der Waals surface area (Å²) in [5.74, 6) is -0.106. The summed E-state index contributed by atoms with van der Waals surface area (Å²) in [5, 5.41) is 4.91. The molecule has 1 unspecified atom stereocenters. The van der Waals surface area contributed by atoms with Gasteiger partial charge in [-0.3, -0.25) is 9.20 Å². The molecule has 2 rings (SSSR count). The van der Waals surface area contributed by atoms with E-state index in [9.17, 15) is 4.79 Å². The van der Waals surface area contributed by atoms with Gasteiger partial charge in [0, 0.05) is 24.2 Å². The van der Waals surface area contributed by atoms with Gasteiger partial charge < -0.3 is 10.1 Å². The predicted octanol–water partition coefficient (Wildman–Crippen LogP) is 1.78. The molecule has 0 saturated heterocycles. The Morgan fingerprint density at radius 1 is 1.61 bits per heavy atom. The van der Waals surface area contributed by atoms with Gasteiger partial charge in [0.15, 0.2) is 4.96 Å². The monoisotopic (exact) mass is 267 g/mol. The molecule has 2 aromatic rings. The molecule has 0 aromatic carbocycles. The lowest BCUT2D eigenvalue weighted by molar-refractivity contribution is 0.0899. The Morgan fingerprint density at radius 3 is 3.00 bits per heavy atom. The van der Waals surface area contributed by atoms with Crippen molar-refractivity contribution in [3.8, 4) is 0 Å². The molecule has 0 fully saturated rings. The number of nitrogens with one attached hydrogen (secondary N) is 1. The van der Waals surface area contributed by atoms with Crippen LogP contribution in [-0.4, -0.2) is 35.1 Å². The van der Waals surface area contributed by atoms with Gasteiger partial charge in [0.25, 0.3) is 5.91 Å². The molecule has 6 heteroatoms. The Labute approximate surface area is 110 Å². The van der Waals surface area contributed by atoms with Crippen molar-refractivity contribution >= 4 is 22.2 Å². The molecular weight excluding hydrogens is 250 g/mol. The topological polar surface area (TPSA) is 55.6 Å². The predicted molar refractivity (Wildman–Crippen MR) is 71.3 cm³/mol. The third-order valence-corrected chi connectivity index (χ3v) is 3.66. The number of hydrogen-bond donors (Lipinski definition) is 1. The van der Waals surface area contributed by atoms with Crippen molar-refractivity contribution in [2.45, 2.75) is 26.8 Å². The third kappa shape index (κ3) is 2.26. The summed E-state index contributed by atoms with van der Waals surface area (Å²) in [6.07, 6.45) is 0. The summed E-state index contributed by atoms with van der Waals surface area (Å²) >= 11 is 1.54. The van der Waals surface area contributed by atoms with Crippen LogP contribution in [0.25, 0.3) is 4.96 Å². The van der Waals surface area contributed by atoms with Gasteiger partial charge in [-0.05, 0) is 20.8 Å². The number of thiazole rings is 1. The minimum Gasteiger partial charge on any atom is -0.383 e. The number of rotatable bonds is 4. The number of hydrogen-bond acceptors (Lipinski definition) is 4. The molecule has 2 heterocycles. The van der Waals surface area contributed by atoms with Crippen LogP contribution in [0.4, 0.5) is 0 Å². The van der Waals surface area contributed by atoms with E-state index in [-0.39, 0.29) is 11.9 Å². The van der Waals surface area contributed by atoms with Crippen LogP contribution in [0, 0.1) is 13.8 Å². The first-order chi connectivity index (χ1) is 8.54. The zero-order valence-electron chi connectivity index (χ0n) is 11.0. The van der Waals surface area contributed by atoms with Gasteiger partial charge in [0.05, 0.1) is 12.3 Å². The quantitative estimate of drug-likeness (QED) is 0.918. The molecule has 0 aliphatic carbocycles. The number of nitrogens with zero attached hydrogens (tertiary/aromatic N) is 2. The van der Waals surface area contributed by atoms with E-state index in [1.165, 1.54) is 0 Å².